The van der Waals surface area contributed by atoms with Gasteiger partial charge in [-0.1, -0.05) is 12.2 Å². The summed E-state index contributed by atoms with van der Waals surface area (Å²) in [6.45, 7) is 1.67. The Morgan fingerprint density at radius 3 is 2.65 bits per heavy atom. The van der Waals surface area contributed by atoms with Gasteiger partial charge in [-0.2, -0.15) is 24.9 Å². The highest BCUT2D eigenvalue weighted by atomic mass is 32.2. The minimum atomic E-state index is -4.44. The summed E-state index contributed by atoms with van der Waals surface area (Å²) in [6, 6.07) is 4.03. The molecule has 0 aromatic heterocycles. The number of hydrogen-bond donors (Lipinski definition) is 1. The van der Waals surface area contributed by atoms with Crippen LogP contribution in [-0.2, 0) is 6.18 Å². The van der Waals surface area contributed by atoms with Crippen LogP contribution in [-0.4, -0.2) is 29.6 Å². The van der Waals surface area contributed by atoms with Crippen LogP contribution in [0, 0.1) is 0 Å². The van der Waals surface area contributed by atoms with Gasteiger partial charge in [0.05, 0.1) is 5.56 Å². The molecular formula is C13H15F3N2S2. The second kappa shape index (κ2) is 6.22. The van der Waals surface area contributed by atoms with E-state index in [1.54, 1.807) is 0 Å². The summed E-state index contributed by atoms with van der Waals surface area (Å²) in [6.07, 6.45) is -3.42. The molecule has 2 rings (SSSR count). The Bertz CT molecular complexity index is 495. The molecular weight excluding hydrogens is 305 g/mol. The SMILES string of the molecule is NC(=S)c1cc(N2CCCSCC2)ccc1C(F)(F)F. The quantitative estimate of drug-likeness (QED) is 0.847. The predicted molar refractivity (Wildman–Crippen MR) is 81.5 cm³/mol. The Kier molecular flexibility index (Phi) is 4.80. The van der Waals surface area contributed by atoms with E-state index in [1.807, 2.05) is 11.8 Å². The molecule has 0 aliphatic carbocycles. The van der Waals surface area contributed by atoms with Crippen molar-refractivity contribution >= 4 is 34.7 Å². The molecule has 1 aromatic rings. The van der Waals surface area contributed by atoms with E-state index in [-0.39, 0.29) is 10.6 Å². The lowest BCUT2D eigenvalue weighted by molar-refractivity contribution is -0.137. The van der Waals surface area contributed by atoms with Crippen LogP contribution in [0.4, 0.5) is 18.9 Å². The zero-order valence-electron chi connectivity index (χ0n) is 10.7. The van der Waals surface area contributed by atoms with Gasteiger partial charge in [0.1, 0.15) is 4.99 Å². The van der Waals surface area contributed by atoms with Gasteiger partial charge in [-0.25, -0.2) is 0 Å². The standard InChI is InChI=1S/C13H15F3N2S2/c14-13(15,16)11-3-2-9(8-10(11)12(17)19)18-4-1-6-20-7-5-18/h2-3,8H,1,4-7H2,(H2,17,19). The average Bonchev–Trinajstić information content (AvgIpc) is 2.65. The number of nitrogens with two attached hydrogens (primary N) is 1. The van der Waals surface area contributed by atoms with Gasteiger partial charge in [0.25, 0.3) is 0 Å². The van der Waals surface area contributed by atoms with Gasteiger partial charge >= 0.3 is 6.18 Å². The van der Waals surface area contributed by atoms with Crippen LogP contribution in [0.15, 0.2) is 18.2 Å². The molecule has 0 unspecified atom stereocenters. The molecule has 110 valence electrons. The largest absolute Gasteiger partial charge is 0.417 e. The number of thioether (sulfide) groups is 1. The molecule has 0 spiro atoms. The van der Waals surface area contributed by atoms with Gasteiger partial charge in [0.2, 0.25) is 0 Å². The van der Waals surface area contributed by atoms with Gasteiger partial charge in [0, 0.05) is 30.1 Å². The van der Waals surface area contributed by atoms with E-state index in [2.05, 4.69) is 4.90 Å². The molecule has 1 aliphatic rings. The third-order valence-corrected chi connectivity index (χ3v) is 4.43. The molecule has 1 aromatic carbocycles. The topological polar surface area (TPSA) is 29.3 Å². The summed E-state index contributed by atoms with van der Waals surface area (Å²) in [5, 5.41) is 0. The van der Waals surface area contributed by atoms with Gasteiger partial charge in [-0.15, -0.1) is 0 Å². The van der Waals surface area contributed by atoms with Crippen LogP contribution in [0.25, 0.3) is 0 Å². The van der Waals surface area contributed by atoms with Crippen LogP contribution < -0.4 is 10.6 Å². The highest BCUT2D eigenvalue weighted by molar-refractivity contribution is 7.99. The molecule has 0 amide bonds. The van der Waals surface area contributed by atoms with Crippen LogP contribution in [0.1, 0.15) is 17.5 Å². The molecule has 2 N–H and O–H groups in total. The van der Waals surface area contributed by atoms with E-state index >= 15 is 0 Å². The third kappa shape index (κ3) is 3.58. The Labute approximate surface area is 125 Å². The van der Waals surface area contributed by atoms with Crippen molar-refractivity contribution in [3.63, 3.8) is 0 Å². The first-order valence-corrected chi connectivity index (χ1v) is 7.79. The second-order valence-electron chi connectivity index (χ2n) is 4.54. The number of halogens is 3. The maximum absolute atomic E-state index is 12.9. The molecule has 0 atom stereocenters. The molecule has 0 radical (unpaired) electrons. The van der Waals surface area contributed by atoms with Crippen LogP contribution in [0.3, 0.4) is 0 Å². The van der Waals surface area contributed by atoms with E-state index in [9.17, 15) is 13.2 Å². The molecule has 1 saturated heterocycles. The van der Waals surface area contributed by atoms with Crippen LogP contribution in [0.2, 0.25) is 0 Å². The minimum absolute atomic E-state index is 0.0955. The summed E-state index contributed by atoms with van der Waals surface area (Å²) in [5.41, 5.74) is 5.34. The monoisotopic (exact) mass is 320 g/mol. The molecule has 0 bridgehead atoms. The van der Waals surface area contributed by atoms with Crippen molar-refractivity contribution < 1.29 is 13.2 Å². The van der Waals surface area contributed by atoms with Crippen molar-refractivity contribution in [1.29, 1.82) is 0 Å². The zero-order chi connectivity index (χ0) is 14.8. The predicted octanol–water partition coefficient (Wildman–Crippen LogP) is 3.28. The van der Waals surface area contributed by atoms with Crippen molar-refractivity contribution in [2.75, 3.05) is 29.5 Å². The Morgan fingerprint density at radius 1 is 1.25 bits per heavy atom. The summed E-state index contributed by atoms with van der Waals surface area (Å²) < 4.78 is 38.7. The van der Waals surface area contributed by atoms with Gasteiger partial charge in [0.15, 0.2) is 0 Å². The smallest absolute Gasteiger partial charge is 0.389 e. The first-order valence-electron chi connectivity index (χ1n) is 6.23. The lowest BCUT2D eigenvalue weighted by Crippen LogP contribution is -2.26. The van der Waals surface area contributed by atoms with Gasteiger partial charge in [-0.05, 0) is 30.4 Å². The fourth-order valence-corrected chi connectivity index (χ4v) is 3.24. The van der Waals surface area contributed by atoms with Crippen molar-refractivity contribution in [2.24, 2.45) is 5.73 Å². The van der Waals surface area contributed by atoms with Crippen molar-refractivity contribution in [3.05, 3.63) is 29.3 Å². The van der Waals surface area contributed by atoms with E-state index in [4.69, 9.17) is 18.0 Å². The first-order chi connectivity index (χ1) is 9.39. The molecule has 0 saturated carbocycles. The summed E-state index contributed by atoms with van der Waals surface area (Å²) in [5.74, 6) is 2.06. The van der Waals surface area contributed by atoms with Gasteiger partial charge in [-0.3, -0.25) is 0 Å². The third-order valence-electron chi connectivity index (χ3n) is 3.16. The number of nitrogens with zero attached hydrogens (tertiary/aromatic N) is 1. The van der Waals surface area contributed by atoms with E-state index in [0.29, 0.717) is 0 Å². The number of benzene rings is 1. The number of thiocarbonyl (C=S) groups is 1. The average molecular weight is 320 g/mol. The van der Waals surface area contributed by atoms with Crippen molar-refractivity contribution in [1.82, 2.24) is 0 Å². The molecule has 2 nitrogen and oxygen atoms in total. The molecule has 20 heavy (non-hydrogen) atoms. The fraction of sp³-hybridized carbons (Fsp3) is 0.462. The molecule has 1 aliphatic heterocycles. The maximum atomic E-state index is 12.9. The van der Waals surface area contributed by atoms with Crippen LogP contribution in [0.5, 0.6) is 0 Å². The van der Waals surface area contributed by atoms with E-state index in [0.717, 1.165) is 42.8 Å². The molecule has 1 heterocycles. The minimum Gasteiger partial charge on any atom is -0.389 e. The number of hydrogen-bond acceptors (Lipinski definition) is 3. The van der Waals surface area contributed by atoms with Gasteiger partial charge < -0.3 is 10.6 Å². The number of alkyl halides is 3. The summed E-state index contributed by atoms with van der Waals surface area (Å²) in [4.78, 5) is 1.87. The lowest BCUT2D eigenvalue weighted by atomic mass is 10.1. The van der Waals surface area contributed by atoms with Crippen LogP contribution >= 0.6 is 24.0 Å². The first kappa shape index (κ1) is 15.4. The van der Waals surface area contributed by atoms with E-state index < -0.39 is 11.7 Å². The molecule has 7 heteroatoms. The fourth-order valence-electron chi connectivity index (χ4n) is 2.18. The van der Waals surface area contributed by atoms with Crippen molar-refractivity contribution in [3.8, 4) is 0 Å². The summed E-state index contributed by atoms with van der Waals surface area (Å²) in [7, 11) is 0. The zero-order valence-corrected chi connectivity index (χ0v) is 12.4. The van der Waals surface area contributed by atoms with Crippen molar-refractivity contribution in [2.45, 2.75) is 12.6 Å². The Balaban J connectivity index is 2.36. The molecule has 1 fully saturated rings. The Morgan fingerprint density at radius 2 is 2.00 bits per heavy atom. The highest BCUT2D eigenvalue weighted by Gasteiger charge is 2.34. The summed E-state index contributed by atoms with van der Waals surface area (Å²) >= 11 is 6.62. The second-order valence-corrected chi connectivity index (χ2v) is 6.21. The normalized spacial score (nSPS) is 16.9. The maximum Gasteiger partial charge on any atom is 0.417 e. The van der Waals surface area contributed by atoms with E-state index in [1.165, 1.54) is 12.1 Å². The highest BCUT2D eigenvalue weighted by Crippen LogP contribution is 2.34. The Hall–Kier alpha value is -0.950. The number of rotatable bonds is 2. The number of anilines is 1. The lowest BCUT2D eigenvalue weighted by Gasteiger charge is -2.24.